The van der Waals surface area contributed by atoms with E-state index in [4.69, 9.17) is 0 Å². The van der Waals surface area contributed by atoms with Gasteiger partial charge in [-0.15, -0.1) is 0 Å². The minimum atomic E-state index is -0.633. The molecule has 3 aromatic carbocycles. The van der Waals surface area contributed by atoms with E-state index >= 15 is 0 Å². The molecule has 3 nitrogen and oxygen atoms in total. The van der Waals surface area contributed by atoms with Gasteiger partial charge in [0.2, 0.25) is 5.91 Å². The molecule has 0 aliphatic heterocycles. The maximum Gasteiger partial charge on any atom is 0.241 e. The van der Waals surface area contributed by atoms with Crippen molar-refractivity contribution in [2.75, 3.05) is 5.32 Å². The Morgan fingerprint density at radius 1 is 0.962 bits per heavy atom. The average Bonchev–Trinajstić information content (AvgIpc) is 2.61. The molecule has 0 spiro atoms. The number of halogens is 2. The van der Waals surface area contributed by atoms with E-state index in [2.05, 4.69) is 10.6 Å². The Morgan fingerprint density at radius 3 is 2.46 bits per heavy atom. The summed E-state index contributed by atoms with van der Waals surface area (Å²) < 4.78 is 26.9. The number of hydrogen-bond acceptors (Lipinski definition) is 2. The molecule has 134 valence electrons. The topological polar surface area (TPSA) is 41.1 Å². The Balaban J connectivity index is 1.71. The maximum atomic E-state index is 13.9. The number of benzene rings is 3. The third-order valence-corrected chi connectivity index (χ3v) is 4.37. The molecule has 0 radical (unpaired) electrons. The van der Waals surface area contributed by atoms with Crippen molar-refractivity contribution in [1.29, 1.82) is 0 Å². The van der Waals surface area contributed by atoms with Gasteiger partial charge < -0.3 is 5.32 Å². The lowest BCUT2D eigenvalue weighted by Crippen LogP contribution is -2.39. The lowest BCUT2D eigenvalue weighted by Gasteiger charge is -2.21. The van der Waals surface area contributed by atoms with Crippen LogP contribution in [-0.4, -0.2) is 11.9 Å². The van der Waals surface area contributed by atoms with Crippen molar-refractivity contribution in [1.82, 2.24) is 5.32 Å². The Kier molecular flexibility index (Phi) is 5.28. The Morgan fingerprint density at radius 2 is 1.69 bits per heavy atom. The van der Waals surface area contributed by atoms with Crippen LogP contribution in [-0.2, 0) is 4.79 Å². The van der Waals surface area contributed by atoms with Gasteiger partial charge in [-0.2, -0.15) is 0 Å². The summed E-state index contributed by atoms with van der Waals surface area (Å²) in [4.78, 5) is 12.5. The van der Waals surface area contributed by atoms with Crippen LogP contribution in [0.1, 0.15) is 25.5 Å². The highest BCUT2D eigenvalue weighted by Crippen LogP contribution is 2.23. The van der Waals surface area contributed by atoms with Gasteiger partial charge in [-0.05, 0) is 31.4 Å². The lowest BCUT2D eigenvalue weighted by atomic mass is 10.1. The third-order valence-electron chi connectivity index (χ3n) is 4.37. The fourth-order valence-electron chi connectivity index (χ4n) is 2.97. The summed E-state index contributed by atoms with van der Waals surface area (Å²) in [5.41, 5.74) is 1.04. The van der Waals surface area contributed by atoms with E-state index in [-0.39, 0.29) is 5.91 Å². The molecule has 0 aromatic heterocycles. The molecule has 0 unspecified atom stereocenters. The maximum absolute atomic E-state index is 13.9. The Hall–Kier alpha value is -2.79. The van der Waals surface area contributed by atoms with Crippen molar-refractivity contribution in [2.24, 2.45) is 0 Å². The molecule has 0 aliphatic rings. The summed E-state index contributed by atoms with van der Waals surface area (Å²) in [7, 11) is 0. The van der Waals surface area contributed by atoms with Crippen LogP contribution in [0.3, 0.4) is 0 Å². The number of fused-ring (bicyclic) bond motifs is 1. The Labute approximate surface area is 151 Å². The van der Waals surface area contributed by atoms with Crippen LogP contribution < -0.4 is 10.6 Å². The molecule has 3 rings (SSSR count). The fraction of sp³-hybridized carbons (Fsp3) is 0.190. The first-order chi connectivity index (χ1) is 12.5. The molecular weight excluding hydrogens is 334 g/mol. The average molecular weight is 354 g/mol. The van der Waals surface area contributed by atoms with Crippen molar-refractivity contribution in [3.8, 4) is 0 Å². The number of carbonyl (C=O) groups excluding carboxylic acids is 1. The highest BCUT2D eigenvalue weighted by atomic mass is 19.1. The van der Waals surface area contributed by atoms with E-state index in [1.165, 1.54) is 12.1 Å². The van der Waals surface area contributed by atoms with Crippen molar-refractivity contribution in [3.05, 3.63) is 77.9 Å². The highest BCUT2D eigenvalue weighted by molar-refractivity contribution is 6.03. The summed E-state index contributed by atoms with van der Waals surface area (Å²) in [5.74, 6) is -1.48. The third kappa shape index (κ3) is 3.89. The molecule has 3 aromatic rings. The van der Waals surface area contributed by atoms with Crippen LogP contribution in [0.4, 0.5) is 14.5 Å². The summed E-state index contributed by atoms with van der Waals surface area (Å²) in [6.45, 7) is 3.44. The van der Waals surface area contributed by atoms with Crippen LogP contribution >= 0.6 is 0 Å². The minimum absolute atomic E-state index is 0.226. The molecule has 0 heterocycles. The van der Waals surface area contributed by atoms with E-state index < -0.39 is 23.7 Å². The zero-order chi connectivity index (χ0) is 18.7. The van der Waals surface area contributed by atoms with E-state index in [0.29, 0.717) is 5.56 Å². The highest BCUT2D eigenvalue weighted by Gasteiger charge is 2.19. The monoisotopic (exact) mass is 354 g/mol. The summed E-state index contributed by atoms with van der Waals surface area (Å²) in [6.07, 6.45) is 0. The molecule has 0 saturated heterocycles. The van der Waals surface area contributed by atoms with Crippen molar-refractivity contribution in [3.63, 3.8) is 0 Å². The van der Waals surface area contributed by atoms with Crippen LogP contribution in [0.25, 0.3) is 10.8 Å². The fourth-order valence-corrected chi connectivity index (χ4v) is 2.97. The van der Waals surface area contributed by atoms with E-state index in [1.54, 1.807) is 13.8 Å². The number of anilines is 1. The molecule has 0 aliphatic carbocycles. The number of hydrogen-bond donors (Lipinski definition) is 2. The molecule has 26 heavy (non-hydrogen) atoms. The van der Waals surface area contributed by atoms with Gasteiger partial charge in [-0.1, -0.05) is 42.5 Å². The van der Waals surface area contributed by atoms with Crippen LogP contribution in [0.2, 0.25) is 0 Å². The summed E-state index contributed by atoms with van der Waals surface area (Å²) >= 11 is 0. The molecule has 0 bridgehead atoms. The first-order valence-electron chi connectivity index (χ1n) is 8.45. The van der Waals surface area contributed by atoms with Gasteiger partial charge in [0.05, 0.1) is 6.04 Å². The quantitative estimate of drug-likeness (QED) is 0.691. The zero-order valence-electron chi connectivity index (χ0n) is 14.6. The lowest BCUT2D eigenvalue weighted by molar-refractivity contribution is -0.117. The molecule has 5 heteroatoms. The van der Waals surface area contributed by atoms with Gasteiger partial charge in [0.1, 0.15) is 11.6 Å². The SMILES string of the molecule is C[C@H](N[C@H](C)C(=O)Nc1cccc2ccccc12)c1ccc(F)cc1F. The second-order valence-electron chi connectivity index (χ2n) is 6.29. The van der Waals surface area contributed by atoms with Crippen molar-refractivity contribution in [2.45, 2.75) is 25.9 Å². The van der Waals surface area contributed by atoms with E-state index in [0.717, 1.165) is 22.5 Å². The number of rotatable bonds is 5. The van der Waals surface area contributed by atoms with Crippen molar-refractivity contribution < 1.29 is 13.6 Å². The number of nitrogens with one attached hydrogen (secondary N) is 2. The largest absolute Gasteiger partial charge is 0.324 e. The van der Waals surface area contributed by atoms with Gasteiger partial charge in [0, 0.05) is 28.7 Å². The van der Waals surface area contributed by atoms with Gasteiger partial charge in [-0.3, -0.25) is 10.1 Å². The van der Waals surface area contributed by atoms with Crippen LogP contribution in [0.5, 0.6) is 0 Å². The molecule has 1 amide bonds. The van der Waals surface area contributed by atoms with Crippen molar-refractivity contribution >= 4 is 22.4 Å². The smallest absolute Gasteiger partial charge is 0.241 e. The first kappa shape index (κ1) is 18.0. The number of carbonyl (C=O) groups is 1. The predicted molar refractivity (Wildman–Crippen MR) is 99.9 cm³/mol. The molecule has 2 atom stereocenters. The van der Waals surface area contributed by atoms with Crippen LogP contribution in [0, 0.1) is 11.6 Å². The summed E-state index contributed by atoms with van der Waals surface area (Å²) in [6, 6.07) is 15.9. The number of amides is 1. The molecule has 0 fully saturated rings. The minimum Gasteiger partial charge on any atom is -0.324 e. The van der Waals surface area contributed by atoms with E-state index in [9.17, 15) is 13.6 Å². The first-order valence-corrected chi connectivity index (χ1v) is 8.45. The molecular formula is C21H20F2N2O. The van der Waals surface area contributed by atoms with Gasteiger partial charge in [-0.25, -0.2) is 8.78 Å². The van der Waals surface area contributed by atoms with Crippen LogP contribution in [0.15, 0.2) is 60.7 Å². The Bertz CT molecular complexity index is 937. The van der Waals surface area contributed by atoms with E-state index in [1.807, 2.05) is 42.5 Å². The summed E-state index contributed by atoms with van der Waals surface area (Å²) in [5, 5.41) is 7.95. The second kappa shape index (κ2) is 7.62. The zero-order valence-corrected chi connectivity index (χ0v) is 14.6. The predicted octanol–water partition coefficient (Wildman–Crippen LogP) is 4.80. The van der Waals surface area contributed by atoms with Gasteiger partial charge >= 0.3 is 0 Å². The van der Waals surface area contributed by atoms with Gasteiger partial charge in [0.25, 0.3) is 0 Å². The molecule has 0 saturated carbocycles. The molecule has 2 N–H and O–H groups in total. The standard InChI is InChI=1S/C21H20F2N2O/c1-13(17-11-10-16(22)12-19(17)23)24-14(2)21(26)25-20-9-5-7-15-6-3-4-8-18(15)20/h3-14,24H,1-2H3,(H,25,26)/t13-,14+/m0/s1. The normalized spacial score (nSPS) is 13.4. The van der Waals surface area contributed by atoms with Gasteiger partial charge in [0.15, 0.2) is 0 Å². The second-order valence-corrected chi connectivity index (χ2v) is 6.29.